The van der Waals surface area contributed by atoms with Crippen molar-refractivity contribution in [1.29, 1.82) is 0 Å². The molecule has 4 rings (SSSR count). The predicted molar refractivity (Wildman–Crippen MR) is 113 cm³/mol. The molecule has 0 saturated heterocycles. The van der Waals surface area contributed by atoms with E-state index in [0.717, 1.165) is 36.0 Å². The molecule has 0 spiro atoms. The first-order valence-corrected chi connectivity index (χ1v) is 10.3. The van der Waals surface area contributed by atoms with Gasteiger partial charge in [-0.2, -0.15) is 0 Å². The molecule has 3 aromatic rings. The number of carbonyl (C=O) groups excluding carboxylic acids is 2. The SMILES string of the molecule is CNC(=O)c1c(NC(=O)C(c2ccccc2)c2ccccc2)sc2c1CCC2. The molecule has 0 fully saturated rings. The summed E-state index contributed by atoms with van der Waals surface area (Å²) in [5.41, 5.74) is 3.58. The lowest BCUT2D eigenvalue weighted by molar-refractivity contribution is -0.116. The highest BCUT2D eigenvalue weighted by Crippen LogP contribution is 2.40. The van der Waals surface area contributed by atoms with Crippen LogP contribution >= 0.6 is 11.3 Å². The van der Waals surface area contributed by atoms with Gasteiger partial charge in [0, 0.05) is 11.9 Å². The molecule has 2 N–H and O–H groups in total. The normalized spacial score (nSPS) is 12.6. The van der Waals surface area contributed by atoms with Crippen LogP contribution in [0.25, 0.3) is 0 Å². The van der Waals surface area contributed by atoms with Crippen molar-refractivity contribution in [2.24, 2.45) is 0 Å². The van der Waals surface area contributed by atoms with Crippen LogP contribution in [0.2, 0.25) is 0 Å². The zero-order chi connectivity index (χ0) is 19.5. The van der Waals surface area contributed by atoms with Gasteiger partial charge in [-0.1, -0.05) is 60.7 Å². The Hall–Kier alpha value is -2.92. The number of fused-ring (bicyclic) bond motifs is 1. The van der Waals surface area contributed by atoms with Gasteiger partial charge in [-0.05, 0) is 36.0 Å². The molecule has 2 amide bonds. The molecule has 5 heteroatoms. The minimum atomic E-state index is -0.433. The second-order valence-electron chi connectivity index (χ2n) is 6.88. The number of rotatable bonds is 5. The summed E-state index contributed by atoms with van der Waals surface area (Å²) < 4.78 is 0. The summed E-state index contributed by atoms with van der Waals surface area (Å²) in [5, 5.41) is 6.45. The second-order valence-corrected chi connectivity index (χ2v) is 7.99. The Bertz CT molecular complexity index is 957. The van der Waals surface area contributed by atoms with Gasteiger partial charge in [0.05, 0.1) is 11.5 Å². The largest absolute Gasteiger partial charge is 0.355 e. The molecular weight excluding hydrogens is 368 g/mol. The molecule has 0 saturated carbocycles. The highest BCUT2D eigenvalue weighted by molar-refractivity contribution is 7.17. The number of hydrogen-bond donors (Lipinski definition) is 2. The zero-order valence-electron chi connectivity index (χ0n) is 15.7. The van der Waals surface area contributed by atoms with Gasteiger partial charge in [0.2, 0.25) is 5.91 Å². The van der Waals surface area contributed by atoms with E-state index in [1.165, 1.54) is 16.2 Å². The number of hydrogen-bond acceptors (Lipinski definition) is 3. The molecule has 0 unspecified atom stereocenters. The lowest BCUT2D eigenvalue weighted by atomic mass is 9.90. The van der Waals surface area contributed by atoms with Crippen molar-refractivity contribution in [2.75, 3.05) is 12.4 Å². The topological polar surface area (TPSA) is 58.2 Å². The van der Waals surface area contributed by atoms with Crippen LogP contribution in [0.1, 0.15) is 44.3 Å². The minimum absolute atomic E-state index is 0.123. The van der Waals surface area contributed by atoms with Gasteiger partial charge in [-0.25, -0.2) is 0 Å². The summed E-state index contributed by atoms with van der Waals surface area (Å²) in [4.78, 5) is 27.1. The van der Waals surface area contributed by atoms with Crippen molar-refractivity contribution >= 4 is 28.2 Å². The molecule has 0 atom stereocenters. The fraction of sp³-hybridized carbons (Fsp3) is 0.217. The van der Waals surface area contributed by atoms with E-state index >= 15 is 0 Å². The quantitative estimate of drug-likeness (QED) is 0.680. The van der Waals surface area contributed by atoms with E-state index in [9.17, 15) is 9.59 Å². The number of benzene rings is 2. The van der Waals surface area contributed by atoms with Crippen LogP contribution in [-0.4, -0.2) is 18.9 Å². The maximum absolute atomic E-state index is 13.4. The van der Waals surface area contributed by atoms with Crippen molar-refractivity contribution in [1.82, 2.24) is 5.32 Å². The second kappa shape index (κ2) is 7.98. The molecule has 4 nitrogen and oxygen atoms in total. The lowest BCUT2D eigenvalue weighted by Crippen LogP contribution is -2.25. The fourth-order valence-electron chi connectivity index (χ4n) is 3.83. The molecule has 0 radical (unpaired) electrons. The first-order chi connectivity index (χ1) is 13.7. The minimum Gasteiger partial charge on any atom is -0.355 e. The summed E-state index contributed by atoms with van der Waals surface area (Å²) in [7, 11) is 1.63. The van der Waals surface area contributed by atoms with Crippen molar-refractivity contribution in [3.63, 3.8) is 0 Å². The van der Waals surface area contributed by atoms with Crippen LogP contribution in [0.4, 0.5) is 5.00 Å². The Morgan fingerprint density at radius 1 is 0.929 bits per heavy atom. The Morgan fingerprint density at radius 3 is 2.11 bits per heavy atom. The van der Waals surface area contributed by atoms with Crippen molar-refractivity contribution in [3.05, 3.63) is 87.8 Å². The van der Waals surface area contributed by atoms with E-state index in [-0.39, 0.29) is 11.8 Å². The molecule has 0 aliphatic heterocycles. The van der Waals surface area contributed by atoms with Gasteiger partial charge in [0.25, 0.3) is 5.91 Å². The summed E-state index contributed by atoms with van der Waals surface area (Å²) >= 11 is 1.54. The van der Waals surface area contributed by atoms with Gasteiger partial charge in [0.15, 0.2) is 0 Å². The molecule has 1 heterocycles. The Morgan fingerprint density at radius 2 is 1.54 bits per heavy atom. The first kappa shape index (κ1) is 18.4. The van der Waals surface area contributed by atoms with Gasteiger partial charge in [-0.15, -0.1) is 11.3 Å². The van der Waals surface area contributed by atoms with E-state index in [4.69, 9.17) is 0 Å². The van der Waals surface area contributed by atoms with Gasteiger partial charge in [0.1, 0.15) is 5.00 Å². The van der Waals surface area contributed by atoms with Crippen LogP contribution in [0.5, 0.6) is 0 Å². The highest BCUT2D eigenvalue weighted by Gasteiger charge is 2.29. The van der Waals surface area contributed by atoms with E-state index in [1.54, 1.807) is 7.05 Å². The Kier molecular flexibility index (Phi) is 5.26. The molecular formula is C23H22N2O2S. The smallest absolute Gasteiger partial charge is 0.254 e. The van der Waals surface area contributed by atoms with Gasteiger partial charge in [-0.3, -0.25) is 9.59 Å². The predicted octanol–water partition coefficient (Wildman–Crippen LogP) is 4.37. The van der Waals surface area contributed by atoms with Crippen molar-refractivity contribution in [2.45, 2.75) is 25.2 Å². The van der Waals surface area contributed by atoms with Crippen molar-refractivity contribution in [3.8, 4) is 0 Å². The summed E-state index contributed by atoms with van der Waals surface area (Å²) in [6.45, 7) is 0. The van der Waals surface area contributed by atoms with Crippen LogP contribution in [0.15, 0.2) is 60.7 Å². The van der Waals surface area contributed by atoms with Crippen molar-refractivity contribution < 1.29 is 9.59 Å². The third kappa shape index (κ3) is 3.45. The fourth-order valence-corrected chi connectivity index (χ4v) is 5.12. The lowest BCUT2D eigenvalue weighted by Gasteiger charge is -2.18. The third-order valence-electron chi connectivity index (χ3n) is 5.14. The Labute approximate surface area is 168 Å². The van der Waals surface area contributed by atoms with E-state index in [2.05, 4.69) is 10.6 Å². The molecule has 1 aromatic heterocycles. The van der Waals surface area contributed by atoms with Crippen LogP contribution in [0, 0.1) is 0 Å². The van der Waals surface area contributed by atoms with Gasteiger partial charge >= 0.3 is 0 Å². The van der Waals surface area contributed by atoms with E-state index < -0.39 is 5.92 Å². The number of anilines is 1. The average molecular weight is 391 g/mol. The molecule has 0 bridgehead atoms. The zero-order valence-corrected chi connectivity index (χ0v) is 16.5. The molecule has 1 aliphatic carbocycles. The van der Waals surface area contributed by atoms with Crippen LogP contribution in [0.3, 0.4) is 0 Å². The summed E-state index contributed by atoms with van der Waals surface area (Å²) in [5.74, 6) is -0.690. The highest BCUT2D eigenvalue weighted by atomic mass is 32.1. The third-order valence-corrected chi connectivity index (χ3v) is 6.35. The number of nitrogens with one attached hydrogen (secondary N) is 2. The average Bonchev–Trinajstić information content (AvgIpc) is 3.30. The van der Waals surface area contributed by atoms with E-state index in [0.29, 0.717) is 10.6 Å². The van der Waals surface area contributed by atoms with Gasteiger partial charge < -0.3 is 10.6 Å². The Balaban J connectivity index is 1.71. The number of carbonyl (C=O) groups is 2. The molecule has 28 heavy (non-hydrogen) atoms. The number of thiophene rings is 1. The summed E-state index contributed by atoms with van der Waals surface area (Å²) in [6.07, 6.45) is 2.93. The first-order valence-electron chi connectivity index (χ1n) is 9.46. The molecule has 1 aliphatic rings. The standard InChI is InChI=1S/C23H22N2O2S/c1-24-21(26)20-17-13-8-14-18(17)28-23(20)25-22(27)19(15-9-4-2-5-10-15)16-11-6-3-7-12-16/h2-7,9-12,19H,8,13-14H2,1H3,(H,24,26)(H,25,27). The van der Waals surface area contributed by atoms with E-state index in [1.807, 2.05) is 60.7 Å². The maximum Gasteiger partial charge on any atom is 0.254 e. The van der Waals surface area contributed by atoms with Crippen LogP contribution in [-0.2, 0) is 17.6 Å². The molecule has 142 valence electrons. The number of aryl methyl sites for hydroxylation is 1. The monoisotopic (exact) mass is 390 g/mol. The number of amides is 2. The summed E-state index contributed by atoms with van der Waals surface area (Å²) in [6, 6.07) is 19.5. The maximum atomic E-state index is 13.4. The molecule has 2 aromatic carbocycles. The van der Waals surface area contributed by atoms with Crippen LogP contribution < -0.4 is 10.6 Å².